The van der Waals surface area contributed by atoms with E-state index in [4.69, 9.17) is 14.5 Å². The summed E-state index contributed by atoms with van der Waals surface area (Å²) in [5.74, 6) is 3.28. The molecule has 0 amide bonds. The number of nitrogens with zero attached hydrogens (tertiary/aromatic N) is 5. The first-order valence-electron chi connectivity index (χ1n) is 11.3. The summed E-state index contributed by atoms with van der Waals surface area (Å²) in [5, 5.41) is 11.4. The summed E-state index contributed by atoms with van der Waals surface area (Å²) in [5.41, 5.74) is 1.06. The molecule has 32 heavy (non-hydrogen) atoms. The molecule has 1 aliphatic heterocycles. The molecule has 176 valence electrons. The number of nitrogens with one attached hydrogen (secondary N) is 2. The lowest BCUT2D eigenvalue weighted by Gasteiger charge is -2.25. The van der Waals surface area contributed by atoms with Crippen LogP contribution in [0.1, 0.15) is 56.2 Å². The van der Waals surface area contributed by atoms with Gasteiger partial charge >= 0.3 is 0 Å². The third-order valence-electron chi connectivity index (χ3n) is 5.67. The fraction of sp³-hybridized carbons (Fsp3) is 0.636. The van der Waals surface area contributed by atoms with Gasteiger partial charge in [0.05, 0.1) is 13.1 Å². The van der Waals surface area contributed by atoms with E-state index in [1.807, 2.05) is 23.0 Å². The maximum atomic E-state index is 5.95. The van der Waals surface area contributed by atoms with E-state index in [0.717, 1.165) is 61.9 Å². The molecule has 2 aromatic heterocycles. The molecular weight excluding hydrogens is 521 g/mol. The van der Waals surface area contributed by atoms with Crippen molar-refractivity contribution in [1.29, 1.82) is 0 Å². The highest BCUT2D eigenvalue weighted by Crippen LogP contribution is 2.23. The molecule has 10 heteroatoms. The van der Waals surface area contributed by atoms with Gasteiger partial charge in [-0.15, -0.1) is 24.0 Å². The number of aryl methyl sites for hydroxylation is 1. The zero-order chi connectivity index (χ0) is 21.5. The van der Waals surface area contributed by atoms with E-state index in [2.05, 4.69) is 32.6 Å². The Labute approximate surface area is 206 Å². The van der Waals surface area contributed by atoms with Gasteiger partial charge in [-0.25, -0.2) is 19.6 Å². The van der Waals surface area contributed by atoms with Crippen LogP contribution in [0, 0.1) is 0 Å². The molecule has 1 unspecified atom stereocenters. The van der Waals surface area contributed by atoms with Crippen LogP contribution in [0.25, 0.3) is 0 Å². The number of hydrogen-bond donors (Lipinski definition) is 2. The van der Waals surface area contributed by atoms with Crippen molar-refractivity contribution in [1.82, 2.24) is 30.4 Å². The van der Waals surface area contributed by atoms with E-state index in [-0.39, 0.29) is 30.0 Å². The van der Waals surface area contributed by atoms with Crippen molar-refractivity contribution in [2.45, 2.75) is 77.3 Å². The van der Waals surface area contributed by atoms with Crippen LogP contribution in [-0.4, -0.2) is 51.5 Å². The van der Waals surface area contributed by atoms with Crippen LogP contribution in [0.5, 0.6) is 5.88 Å². The van der Waals surface area contributed by atoms with Crippen LogP contribution in [0.2, 0.25) is 0 Å². The monoisotopic (exact) mass is 555 g/mol. The number of guanidine groups is 1. The van der Waals surface area contributed by atoms with E-state index in [1.54, 1.807) is 7.11 Å². The fourth-order valence-corrected chi connectivity index (χ4v) is 4.10. The van der Waals surface area contributed by atoms with Gasteiger partial charge in [-0.2, -0.15) is 5.10 Å². The first-order chi connectivity index (χ1) is 15.2. The van der Waals surface area contributed by atoms with Crippen LogP contribution < -0.4 is 15.4 Å². The second kappa shape index (κ2) is 12.3. The van der Waals surface area contributed by atoms with Crippen LogP contribution >= 0.6 is 24.0 Å². The van der Waals surface area contributed by atoms with E-state index < -0.39 is 0 Å². The average molecular weight is 555 g/mol. The molecule has 4 rings (SSSR count). The minimum atomic E-state index is 0. The van der Waals surface area contributed by atoms with Crippen LogP contribution in [0.4, 0.5) is 0 Å². The van der Waals surface area contributed by atoms with Gasteiger partial charge in [0.15, 0.2) is 11.8 Å². The smallest absolute Gasteiger partial charge is 0.213 e. The molecular formula is C22H34IN7O2. The lowest BCUT2D eigenvalue weighted by Crippen LogP contribution is -2.47. The summed E-state index contributed by atoms with van der Waals surface area (Å²) in [6.07, 6.45) is 8.84. The molecule has 1 saturated carbocycles. The highest BCUT2D eigenvalue weighted by Gasteiger charge is 2.22. The number of ether oxygens (including phenoxy) is 2. The number of aliphatic imine (C=N–C) groups is 1. The Morgan fingerprint density at radius 1 is 1.25 bits per heavy atom. The first-order valence-corrected chi connectivity index (χ1v) is 11.3. The topological polar surface area (TPSA) is 98.5 Å². The van der Waals surface area contributed by atoms with Gasteiger partial charge in [0, 0.05) is 38.4 Å². The molecule has 2 aliphatic rings. The Morgan fingerprint density at radius 2 is 2.09 bits per heavy atom. The van der Waals surface area contributed by atoms with Crippen molar-refractivity contribution in [3.63, 3.8) is 0 Å². The van der Waals surface area contributed by atoms with Gasteiger partial charge in [-0.05, 0) is 44.6 Å². The number of methoxy groups -OCH3 is 1. The second-order valence-corrected chi connectivity index (χ2v) is 8.16. The maximum absolute atomic E-state index is 5.95. The van der Waals surface area contributed by atoms with Crippen LogP contribution in [0.3, 0.4) is 0 Å². The number of hydrogen-bond acceptors (Lipinski definition) is 6. The van der Waals surface area contributed by atoms with Gasteiger partial charge in [0.1, 0.15) is 18.5 Å². The zero-order valence-electron chi connectivity index (χ0n) is 18.9. The summed E-state index contributed by atoms with van der Waals surface area (Å²) < 4.78 is 13.1. The Balaban J connectivity index is 0.00000289. The Hall–Kier alpha value is -1.95. The number of pyridine rings is 1. The Bertz CT molecular complexity index is 866. The van der Waals surface area contributed by atoms with Crippen molar-refractivity contribution in [2.75, 3.05) is 13.7 Å². The van der Waals surface area contributed by atoms with E-state index in [9.17, 15) is 0 Å². The summed E-state index contributed by atoms with van der Waals surface area (Å²) in [6.45, 7) is 4.65. The van der Waals surface area contributed by atoms with Gasteiger partial charge in [-0.3, -0.25) is 0 Å². The fourth-order valence-electron chi connectivity index (χ4n) is 4.10. The predicted molar refractivity (Wildman–Crippen MR) is 133 cm³/mol. The summed E-state index contributed by atoms with van der Waals surface area (Å²) in [4.78, 5) is 13.8. The molecule has 1 aliphatic carbocycles. The first kappa shape index (κ1) is 24.7. The normalized spacial score (nSPS) is 18.7. The SMILES string of the molecule is CCNC(=NCc1ccc(OC2CCCC2)nc1)NC1CCc2nc(COC)nn2C1.I. The molecule has 0 spiro atoms. The molecule has 0 aromatic carbocycles. The number of aromatic nitrogens is 4. The van der Waals surface area contributed by atoms with Crippen molar-refractivity contribution >= 4 is 29.9 Å². The molecule has 1 atom stereocenters. The zero-order valence-corrected chi connectivity index (χ0v) is 21.2. The van der Waals surface area contributed by atoms with E-state index in [0.29, 0.717) is 25.1 Å². The number of rotatable bonds is 8. The number of halogens is 1. The molecule has 0 radical (unpaired) electrons. The van der Waals surface area contributed by atoms with E-state index >= 15 is 0 Å². The van der Waals surface area contributed by atoms with Crippen molar-refractivity contribution in [3.05, 3.63) is 35.5 Å². The van der Waals surface area contributed by atoms with Crippen LogP contribution in [0.15, 0.2) is 23.3 Å². The summed E-state index contributed by atoms with van der Waals surface area (Å²) in [6, 6.07) is 4.25. The Kier molecular flexibility index (Phi) is 9.51. The summed E-state index contributed by atoms with van der Waals surface area (Å²) >= 11 is 0. The van der Waals surface area contributed by atoms with Gasteiger partial charge in [-0.1, -0.05) is 6.07 Å². The van der Waals surface area contributed by atoms with Gasteiger partial charge in [0.2, 0.25) is 5.88 Å². The average Bonchev–Trinajstić information content (AvgIpc) is 3.42. The van der Waals surface area contributed by atoms with Crippen molar-refractivity contribution in [3.8, 4) is 5.88 Å². The van der Waals surface area contributed by atoms with Crippen LogP contribution in [-0.2, 0) is 30.9 Å². The highest BCUT2D eigenvalue weighted by molar-refractivity contribution is 14.0. The Morgan fingerprint density at radius 3 is 2.81 bits per heavy atom. The summed E-state index contributed by atoms with van der Waals surface area (Å²) in [7, 11) is 1.66. The standard InChI is InChI=1S/C22H33N7O2.HI/c1-3-23-22(26-17-9-10-20-27-19(15-30-2)28-29(20)14-17)25-13-16-8-11-21(24-12-16)31-18-6-4-5-7-18;/h8,11-12,17-18H,3-7,9-10,13-15H2,1-2H3,(H2,23,25,26);1H. The molecule has 0 bridgehead atoms. The number of fused-ring (bicyclic) bond motifs is 1. The molecule has 1 fully saturated rings. The van der Waals surface area contributed by atoms with Gasteiger partial charge < -0.3 is 20.1 Å². The van der Waals surface area contributed by atoms with E-state index in [1.165, 1.54) is 12.8 Å². The van der Waals surface area contributed by atoms with Crippen molar-refractivity contribution in [2.24, 2.45) is 4.99 Å². The lowest BCUT2D eigenvalue weighted by molar-refractivity contribution is 0.177. The molecule has 9 nitrogen and oxygen atoms in total. The van der Waals surface area contributed by atoms with Crippen molar-refractivity contribution < 1.29 is 9.47 Å². The molecule has 2 N–H and O–H groups in total. The highest BCUT2D eigenvalue weighted by atomic mass is 127. The third kappa shape index (κ3) is 6.77. The molecule has 3 heterocycles. The minimum Gasteiger partial charge on any atom is -0.474 e. The predicted octanol–water partition coefficient (Wildman–Crippen LogP) is 2.83. The van der Waals surface area contributed by atoms with Gasteiger partial charge in [0.25, 0.3) is 0 Å². The lowest BCUT2D eigenvalue weighted by atomic mass is 10.1. The third-order valence-corrected chi connectivity index (χ3v) is 5.67. The minimum absolute atomic E-state index is 0. The molecule has 2 aromatic rings. The quantitative estimate of drug-likeness (QED) is 0.294. The maximum Gasteiger partial charge on any atom is 0.213 e. The molecule has 0 saturated heterocycles. The largest absolute Gasteiger partial charge is 0.474 e. The second-order valence-electron chi connectivity index (χ2n) is 8.16.